The first-order chi connectivity index (χ1) is 14.3. The number of H-pyrrole nitrogens is 1. The van der Waals surface area contributed by atoms with Gasteiger partial charge in [0.25, 0.3) is 0 Å². The molecule has 32 heavy (non-hydrogen) atoms. The number of nitrogens with zero attached hydrogens (tertiary/aromatic N) is 1. The van der Waals surface area contributed by atoms with Gasteiger partial charge in [-0.15, -0.1) is 0 Å². The van der Waals surface area contributed by atoms with Gasteiger partial charge in [-0.3, -0.25) is 26.8 Å². The number of imidazole rings is 1. The van der Waals surface area contributed by atoms with Crippen LogP contribution in [0.25, 0.3) is 22.5 Å². The normalized spacial score (nSPS) is 8.38. The topological polar surface area (TPSA) is 163 Å². The summed E-state index contributed by atoms with van der Waals surface area (Å²) in [5.74, 6) is 0. The Morgan fingerprint density at radius 1 is 1.00 bits per heavy atom. The van der Waals surface area contributed by atoms with E-state index in [-0.39, 0.29) is 37.1 Å². The van der Waals surface area contributed by atoms with Gasteiger partial charge in [-0.05, 0) is 12.1 Å². The second-order valence-electron chi connectivity index (χ2n) is 4.56. The number of carbonyl (C=O) groups is 2. The zero-order valence-electron chi connectivity index (χ0n) is 18.3. The fourth-order valence-corrected chi connectivity index (χ4v) is 1.62. The molecular formula is C18H28N4O6P2V2. The first-order valence-electron chi connectivity index (χ1n) is 8.51. The number of fused-ring (bicyclic) bond motifs is 1. The number of carbonyl (C=O) groups excluding carboxylic acids is 4. The smallest absolute Gasteiger partial charge is 0.632 e. The van der Waals surface area contributed by atoms with Gasteiger partial charge < -0.3 is 35.5 Å². The molecule has 1 aromatic heterocycles. The molecule has 10 nitrogen and oxygen atoms in total. The number of benzene rings is 1. The summed E-state index contributed by atoms with van der Waals surface area (Å²) in [7, 11) is 3.13. The molecule has 2 atom stereocenters. The number of para-hydroxylation sites is 2. The predicted molar refractivity (Wildman–Crippen MR) is 123 cm³/mol. The van der Waals surface area contributed by atoms with Gasteiger partial charge >= 0.3 is 37.1 Å². The van der Waals surface area contributed by atoms with Gasteiger partial charge in [-0.25, -0.2) is 17.0 Å². The summed E-state index contributed by atoms with van der Waals surface area (Å²) < 4.78 is 7.56. The van der Waals surface area contributed by atoms with Crippen LogP contribution in [0, 0.1) is 0 Å². The molecule has 0 spiro atoms. The van der Waals surface area contributed by atoms with Gasteiger partial charge in [0, 0.05) is 0 Å². The quantitative estimate of drug-likeness (QED) is 0.303. The molecule has 0 saturated heterocycles. The Labute approximate surface area is 216 Å². The average Bonchev–Trinajstić information content (AvgIpc) is 3.23. The van der Waals surface area contributed by atoms with E-state index >= 15 is 0 Å². The van der Waals surface area contributed by atoms with Gasteiger partial charge in [0.1, 0.15) is 0 Å². The maximum atomic E-state index is 9.45. The Balaban J connectivity index is -0.0000000964. The summed E-state index contributed by atoms with van der Waals surface area (Å²) >= 11 is 0. The second kappa shape index (κ2) is 34.2. The van der Waals surface area contributed by atoms with E-state index in [1.54, 1.807) is 12.4 Å². The number of hydrogen-bond donors (Lipinski definition) is 1. The predicted octanol–water partition coefficient (Wildman–Crippen LogP) is 5.06. The Kier molecular flexibility index (Phi) is 43.7. The fraction of sp³-hybridized carbons (Fsp3) is 0.389. The summed E-state index contributed by atoms with van der Waals surface area (Å²) in [6, 6.07) is 11.6. The molecule has 2 amide bonds. The van der Waals surface area contributed by atoms with E-state index < -0.39 is 12.2 Å². The summed E-state index contributed by atoms with van der Waals surface area (Å²) in [6.45, 7) is 4.02. The van der Waals surface area contributed by atoms with Gasteiger partial charge in [0.2, 0.25) is 12.2 Å². The van der Waals surface area contributed by atoms with Crippen LogP contribution in [0.2, 0.25) is 0 Å². The standard InChI is InChI=1S/C7H6N2.C4H8OP.C3H6OP.2C2H5NO2.2V/c1-2-4-7-6(3-1)8-5-9-7;1-2-3-6-4-5;1-2-5-3-4;2*1-5-2(3)4;;/h1-5H,(H,8,9);6H,2-3H2,1H3;5H,2H2,1H3;2*1H3,(H2,3,4);;/q;2*-1;;;2*+2/p-2. The van der Waals surface area contributed by atoms with Crippen LogP contribution in [0.15, 0.2) is 30.6 Å². The number of amides is 2. The van der Waals surface area contributed by atoms with E-state index in [2.05, 4.69) is 26.4 Å². The number of rotatable bonds is 5. The molecule has 2 unspecified atom stereocenters. The zero-order chi connectivity index (χ0) is 23.6. The van der Waals surface area contributed by atoms with Crippen molar-refractivity contribution in [2.45, 2.75) is 20.3 Å². The van der Waals surface area contributed by atoms with Gasteiger partial charge in [-0.1, -0.05) is 44.7 Å². The minimum Gasteiger partial charge on any atom is -0.632 e. The molecule has 0 bridgehead atoms. The molecular weight excluding hydrogens is 532 g/mol. The molecule has 2 aromatic rings. The number of methoxy groups -OCH3 is 2. The van der Waals surface area contributed by atoms with Crippen LogP contribution in [-0.4, -0.2) is 60.8 Å². The fourth-order valence-electron chi connectivity index (χ4n) is 1.13. The summed E-state index contributed by atoms with van der Waals surface area (Å²) in [4.78, 5) is 44.3. The van der Waals surface area contributed by atoms with E-state index in [1.165, 1.54) is 0 Å². The molecule has 14 heteroatoms. The third-order valence-corrected chi connectivity index (χ3v) is 3.79. The van der Waals surface area contributed by atoms with E-state index in [0.717, 1.165) is 44.0 Å². The SMILES string of the molecule is CCCP[C-]=O.CCP[C-]=O.COC([NH-])=O.COC([NH-])=O.[V+2].[V+2].c1ccc2[nH]cnc2c1. The van der Waals surface area contributed by atoms with Crippen LogP contribution >= 0.6 is 17.2 Å². The second-order valence-corrected chi connectivity index (χ2v) is 6.89. The first kappa shape index (κ1) is 40.9. The van der Waals surface area contributed by atoms with Crippen LogP contribution in [0.4, 0.5) is 9.59 Å². The molecule has 0 aliphatic rings. The van der Waals surface area contributed by atoms with Crippen molar-refractivity contribution in [1.29, 1.82) is 0 Å². The Morgan fingerprint density at radius 2 is 1.47 bits per heavy atom. The van der Waals surface area contributed by atoms with E-state index in [1.807, 2.05) is 37.2 Å². The molecule has 0 aliphatic heterocycles. The molecule has 3 N–H and O–H groups in total. The van der Waals surface area contributed by atoms with Crippen LogP contribution in [0.1, 0.15) is 20.3 Å². The van der Waals surface area contributed by atoms with Crippen molar-refractivity contribution >= 4 is 52.4 Å². The van der Waals surface area contributed by atoms with Crippen molar-refractivity contribution in [2.75, 3.05) is 26.5 Å². The Hall–Kier alpha value is -1.40. The molecule has 1 heterocycles. The number of ether oxygens (including phenoxy) is 2. The Bertz CT molecular complexity index is 652. The number of hydrogen-bond acceptors (Lipinski definition) is 7. The minimum atomic E-state index is -0.995. The number of aromatic amines is 1. The van der Waals surface area contributed by atoms with Crippen molar-refractivity contribution in [1.82, 2.24) is 9.97 Å². The minimum absolute atomic E-state index is 0. The van der Waals surface area contributed by atoms with Gasteiger partial charge in [0.05, 0.1) is 31.6 Å². The summed E-state index contributed by atoms with van der Waals surface area (Å²) in [5.41, 5.74) is 14.1. The molecule has 0 saturated carbocycles. The van der Waals surface area contributed by atoms with E-state index in [9.17, 15) is 19.2 Å². The van der Waals surface area contributed by atoms with Crippen molar-refractivity contribution in [3.63, 3.8) is 0 Å². The maximum absolute atomic E-state index is 9.45. The van der Waals surface area contributed by atoms with Crippen LogP contribution < -0.4 is 0 Å². The summed E-state index contributed by atoms with van der Waals surface area (Å²) in [6.07, 6.45) is 2.78. The molecule has 1 aromatic carbocycles. The largest absolute Gasteiger partial charge is 2.00 e. The van der Waals surface area contributed by atoms with Crippen molar-refractivity contribution < 1.29 is 65.8 Å². The van der Waals surface area contributed by atoms with Gasteiger partial charge in [-0.2, -0.15) is 0 Å². The van der Waals surface area contributed by atoms with E-state index in [4.69, 9.17) is 11.5 Å². The third kappa shape index (κ3) is 36.0. The van der Waals surface area contributed by atoms with Crippen LogP contribution in [0.3, 0.4) is 0 Å². The molecule has 0 aliphatic carbocycles. The molecule has 176 valence electrons. The first-order valence-corrected chi connectivity index (χ1v) is 10.9. The third-order valence-electron chi connectivity index (χ3n) is 2.39. The summed E-state index contributed by atoms with van der Waals surface area (Å²) in [5, 5.41) is 0. The molecule has 0 fully saturated rings. The Morgan fingerprint density at radius 3 is 1.75 bits per heavy atom. The zero-order valence-corrected chi connectivity index (χ0v) is 23.1. The monoisotopic (exact) mass is 560 g/mol. The van der Waals surface area contributed by atoms with Gasteiger partial charge in [0.15, 0.2) is 0 Å². The molecule has 2 radical (unpaired) electrons. The van der Waals surface area contributed by atoms with Crippen LogP contribution in [0.5, 0.6) is 0 Å². The van der Waals surface area contributed by atoms with Crippen molar-refractivity contribution in [3.8, 4) is 0 Å². The average molecular weight is 560 g/mol. The van der Waals surface area contributed by atoms with E-state index in [0.29, 0.717) is 17.2 Å². The number of aromatic nitrogens is 2. The maximum Gasteiger partial charge on any atom is 2.00 e. The number of nitrogens with one attached hydrogen (secondary N) is 3. The van der Waals surface area contributed by atoms with Crippen molar-refractivity contribution in [2.24, 2.45) is 0 Å². The van der Waals surface area contributed by atoms with Crippen LogP contribution in [-0.2, 0) is 56.2 Å². The molecule has 2 rings (SSSR count). The van der Waals surface area contributed by atoms with Crippen molar-refractivity contribution in [3.05, 3.63) is 42.1 Å².